The third kappa shape index (κ3) is 7.43. The second-order valence-electron chi connectivity index (χ2n) is 2.13. The molecule has 0 aromatic heterocycles. The van der Waals surface area contributed by atoms with Crippen molar-refractivity contribution < 1.29 is 18.6 Å². The summed E-state index contributed by atoms with van der Waals surface area (Å²) in [5.74, 6) is 0.0154. The summed E-state index contributed by atoms with van der Waals surface area (Å²) >= 11 is 2.58. The molecule has 0 spiro atoms. The van der Waals surface area contributed by atoms with E-state index >= 15 is 0 Å². The van der Waals surface area contributed by atoms with Crippen molar-refractivity contribution in [3.63, 3.8) is 0 Å². The van der Waals surface area contributed by atoms with Crippen molar-refractivity contribution in [1.82, 2.24) is 0 Å². The van der Waals surface area contributed by atoms with Gasteiger partial charge in [-0.15, -0.1) is 11.8 Å². The number of carbonyl (C=O) groups excluding carboxylic acids is 1. The van der Waals surface area contributed by atoms with Crippen LogP contribution in [0.1, 0.15) is 0 Å². The van der Waals surface area contributed by atoms with Gasteiger partial charge in [0.25, 0.3) is 6.57 Å². The first kappa shape index (κ1) is 13.4. The fourth-order valence-electron chi connectivity index (χ4n) is 0.370. The molecule has 0 aromatic carbocycles. The van der Waals surface area contributed by atoms with Gasteiger partial charge in [-0.25, -0.2) is 0 Å². The summed E-state index contributed by atoms with van der Waals surface area (Å²) in [6.45, 7) is -0.946. The average Bonchev–Trinajstić information content (AvgIpc) is 2.12. The highest BCUT2D eigenvalue weighted by Gasteiger charge is 2.14. The zero-order chi connectivity index (χ0) is 10.3. The Labute approximate surface area is 86.3 Å². The molecule has 78 valence electrons. The van der Waals surface area contributed by atoms with Gasteiger partial charge in [-0.1, -0.05) is 11.4 Å². The Balaban J connectivity index is 3.46. The van der Waals surface area contributed by atoms with Crippen molar-refractivity contribution in [1.29, 1.82) is 0 Å². The molecular weight excluding hydrogens is 231 g/mol. The van der Waals surface area contributed by atoms with Crippen LogP contribution >= 0.6 is 29.7 Å². The molecule has 13 heavy (non-hydrogen) atoms. The number of hydrogen-bond donors (Lipinski definition) is 0. The number of esters is 1. The highest BCUT2D eigenvalue weighted by molar-refractivity contribution is 8.58. The Kier molecular flexibility index (Phi) is 6.95. The minimum atomic E-state index is -2.50. The lowest BCUT2D eigenvalue weighted by Crippen LogP contribution is -2.02. The highest BCUT2D eigenvalue weighted by atomic mass is 32.7. The molecule has 0 fully saturated rings. The molecule has 0 rings (SSSR count). The molecule has 0 saturated carbocycles. The summed E-state index contributed by atoms with van der Waals surface area (Å²) in [7, 11) is 2.76. The number of thioether (sulfide) groups is 1. The first-order valence-electron chi connectivity index (χ1n) is 3.44. The molecule has 0 amide bonds. The molecule has 0 aromatic rings. The van der Waals surface area contributed by atoms with Crippen LogP contribution in [0.15, 0.2) is 0 Å². The van der Waals surface area contributed by atoms with Crippen molar-refractivity contribution in [3.8, 4) is 0 Å². The summed E-state index contributed by atoms with van der Waals surface area (Å²) in [5.41, 5.74) is 0. The number of methoxy groups -OCH3 is 1. The number of ether oxygens (including phenoxy) is 1. The first-order valence-corrected chi connectivity index (χ1v) is 8.26. The second-order valence-corrected chi connectivity index (χ2v) is 8.70. The zero-order valence-electron chi connectivity index (χ0n) is 7.81. The van der Waals surface area contributed by atoms with E-state index in [2.05, 4.69) is 4.74 Å². The van der Waals surface area contributed by atoms with Gasteiger partial charge in [-0.05, 0) is 0 Å². The van der Waals surface area contributed by atoms with Gasteiger partial charge in [-0.3, -0.25) is 9.36 Å². The van der Waals surface area contributed by atoms with E-state index in [4.69, 9.17) is 4.52 Å². The van der Waals surface area contributed by atoms with Crippen LogP contribution in [0, 0.1) is 0 Å². The molecule has 0 aliphatic carbocycles. The quantitative estimate of drug-likeness (QED) is 0.308. The third-order valence-corrected chi connectivity index (χ3v) is 6.61. The lowest BCUT2D eigenvalue weighted by atomic mass is 10.8. The van der Waals surface area contributed by atoms with E-state index in [1.165, 1.54) is 37.4 Å². The average molecular weight is 244 g/mol. The van der Waals surface area contributed by atoms with E-state index in [9.17, 15) is 9.36 Å². The summed E-state index contributed by atoms with van der Waals surface area (Å²) in [4.78, 5) is 10.7. The maximum Gasteiger partial charge on any atom is 0.315 e. The van der Waals surface area contributed by atoms with E-state index in [-0.39, 0.29) is 11.7 Å². The Morgan fingerprint density at radius 2 is 2.08 bits per heavy atom. The molecule has 0 N–H and O–H groups in total. The lowest BCUT2D eigenvalue weighted by molar-refractivity contribution is -0.137. The van der Waals surface area contributed by atoms with E-state index in [0.717, 1.165) is 0 Å². The van der Waals surface area contributed by atoms with E-state index in [1.54, 1.807) is 6.66 Å². The molecule has 0 radical (unpaired) electrons. The lowest BCUT2D eigenvalue weighted by Gasteiger charge is -2.08. The van der Waals surface area contributed by atoms with E-state index in [1.807, 2.05) is 0 Å². The molecule has 0 bridgehead atoms. The van der Waals surface area contributed by atoms with Gasteiger partial charge in [0.1, 0.15) is 0 Å². The van der Waals surface area contributed by atoms with Gasteiger partial charge in [0.2, 0.25) is 0 Å². The fraction of sp³-hybridized carbons (Fsp3) is 0.833. The van der Waals surface area contributed by atoms with Gasteiger partial charge in [0.05, 0.1) is 12.9 Å². The standard InChI is InChI=1S/C6H13O4PS2/c1-9-6(7)4-12-5-13-11(3,8)10-2/h4-5H2,1-3H3. The minimum Gasteiger partial charge on any atom is -0.468 e. The summed E-state index contributed by atoms with van der Waals surface area (Å²) in [6, 6.07) is 0. The normalized spacial score (nSPS) is 15.0. The first-order chi connectivity index (χ1) is 6.02. The predicted molar refractivity (Wildman–Crippen MR) is 57.5 cm³/mol. The van der Waals surface area contributed by atoms with Crippen LogP contribution in [0.25, 0.3) is 0 Å². The zero-order valence-corrected chi connectivity index (χ0v) is 10.3. The molecule has 0 aliphatic heterocycles. The van der Waals surface area contributed by atoms with Crippen molar-refractivity contribution in [2.75, 3.05) is 31.7 Å². The van der Waals surface area contributed by atoms with Crippen LogP contribution in [-0.2, 0) is 18.6 Å². The topological polar surface area (TPSA) is 52.6 Å². The van der Waals surface area contributed by atoms with Gasteiger partial charge >= 0.3 is 5.97 Å². The van der Waals surface area contributed by atoms with Crippen LogP contribution in [0.3, 0.4) is 0 Å². The van der Waals surface area contributed by atoms with Gasteiger partial charge in [-0.2, -0.15) is 0 Å². The monoisotopic (exact) mass is 244 g/mol. The third-order valence-electron chi connectivity index (χ3n) is 1.15. The van der Waals surface area contributed by atoms with Gasteiger partial charge in [0, 0.05) is 18.9 Å². The molecule has 7 heteroatoms. The maximum absolute atomic E-state index is 11.3. The van der Waals surface area contributed by atoms with Crippen LogP contribution in [-0.4, -0.2) is 37.7 Å². The van der Waals surface area contributed by atoms with Crippen LogP contribution < -0.4 is 0 Å². The van der Waals surface area contributed by atoms with Gasteiger partial charge in [0.15, 0.2) is 0 Å². The van der Waals surface area contributed by atoms with Crippen LogP contribution in [0.5, 0.6) is 0 Å². The molecule has 0 heterocycles. The van der Waals surface area contributed by atoms with Crippen LogP contribution in [0.2, 0.25) is 0 Å². The second kappa shape index (κ2) is 6.76. The van der Waals surface area contributed by atoms with Gasteiger partial charge < -0.3 is 9.26 Å². The Bertz CT molecular complexity index is 209. The molecule has 1 unspecified atom stereocenters. The molecule has 4 nitrogen and oxygen atoms in total. The van der Waals surface area contributed by atoms with Crippen molar-refractivity contribution in [3.05, 3.63) is 0 Å². The summed E-state index contributed by atoms with van der Waals surface area (Å²) in [5, 5.41) is 0.566. The maximum atomic E-state index is 11.3. The minimum absolute atomic E-state index is 0.269. The summed E-state index contributed by atoms with van der Waals surface area (Å²) < 4.78 is 20.5. The highest BCUT2D eigenvalue weighted by Crippen LogP contribution is 2.56. The van der Waals surface area contributed by atoms with Crippen molar-refractivity contribution >= 4 is 35.7 Å². The largest absolute Gasteiger partial charge is 0.468 e. The number of carbonyl (C=O) groups is 1. The molecular formula is C6H13O4PS2. The molecule has 0 aliphatic rings. The Morgan fingerprint density at radius 1 is 1.46 bits per heavy atom. The van der Waals surface area contributed by atoms with E-state index < -0.39 is 6.57 Å². The Morgan fingerprint density at radius 3 is 2.54 bits per heavy atom. The van der Waals surface area contributed by atoms with Crippen molar-refractivity contribution in [2.45, 2.75) is 0 Å². The Hall–Kier alpha value is 0.360. The molecule has 1 atom stereocenters. The number of hydrogen-bond acceptors (Lipinski definition) is 6. The predicted octanol–water partition coefficient (Wildman–Crippen LogP) is 2.05. The SMILES string of the molecule is COC(=O)CSCSP(C)(=O)OC. The fourth-order valence-corrected chi connectivity index (χ4v) is 4.87. The van der Waals surface area contributed by atoms with E-state index in [0.29, 0.717) is 5.08 Å². The molecule has 0 saturated heterocycles. The van der Waals surface area contributed by atoms with Crippen LogP contribution in [0.4, 0.5) is 0 Å². The van der Waals surface area contributed by atoms with Crippen molar-refractivity contribution in [2.24, 2.45) is 0 Å². The number of rotatable bonds is 6. The smallest absolute Gasteiger partial charge is 0.315 e. The summed E-state index contributed by atoms with van der Waals surface area (Å²) in [6.07, 6.45) is 0.